The molecule has 348 valence electrons. The van der Waals surface area contributed by atoms with E-state index in [-0.39, 0.29) is 73.6 Å². The normalized spacial score (nSPS) is 17.3. The molecule has 0 spiro atoms. The number of carbonyl (C=O) groups is 8. The maximum absolute atomic E-state index is 14.2. The van der Waals surface area contributed by atoms with Crippen molar-refractivity contribution < 1.29 is 93.3 Å². The molecule has 62 heavy (non-hydrogen) atoms. The Kier molecular flexibility index (Phi) is 24.1. The van der Waals surface area contributed by atoms with Gasteiger partial charge in [0.1, 0.15) is 26.4 Å². The molecule has 1 saturated carbocycles. The largest absolute Gasteiger partial charge is 0.567 e. The molecule has 0 heterocycles. The molecule has 1 aliphatic rings. The summed E-state index contributed by atoms with van der Waals surface area (Å²) in [4.78, 5) is 104. The summed E-state index contributed by atoms with van der Waals surface area (Å²) in [5, 5.41) is 0. The summed E-state index contributed by atoms with van der Waals surface area (Å²) in [6.45, 7) is 17.9. The fourth-order valence-electron chi connectivity index (χ4n) is 5.71. The van der Waals surface area contributed by atoms with Crippen LogP contribution in [-0.4, -0.2) is 133 Å². The quantitative estimate of drug-likeness (QED) is 0.0360. The van der Waals surface area contributed by atoms with E-state index in [0.29, 0.717) is 0 Å². The van der Waals surface area contributed by atoms with Crippen LogP contribution < -0.4 is 0 Å². The van der Waals surface area contributed by atoms with Gasteiger partial charge in [0.05, 0.1) is 36.9 Å². The van der Waals surface area contributed by atoms with Gasteiger partial charge in [0.25, 0.3) is 11.9 Å². The second-order valence-corrected chi connectivity index (χ2v) is 19.9. The van der Waals surface area contributed by atoms with Crippen molar-refractivity contribution in [3.8, 4) is 0 Å². The number of esters is 6. The molecule has 4 atom stereocenters. The first-order valence-corrected chi connectivity index (χ1v) is 23.3. The molecule has 0 aliphatic heterocycles. The Hall–Kier alpha value is -5.01. The van der Waals surface area contributed by atoms with Gasteiger partial charge >= 0.3 is 53.4 Å². The topological polar surface area (TPSA) is 247 Å². The molecule has 1 rings (SSSR count). The zero-order valence-electron chi connectivity index (χ0n) is 36.8. The summed E-state index contributed by atoms with van der Waals surface area (Å²) in [7, 11) is -2.90. The average molecular weight is 917 g/mol. The first-order chi connectivity index (χ1) is 29.1. The number of hydrogen-bond acceptors (Lipinski definition) is 20. The molecule has 0 saturated heterocycles. The van der Waals surface area contributed by atoms with Crippen LogP contribution in [0.1, 0.15) is 53.4 Å². The molecule has 0 aromatic carbocycles. The monoisotopic (exact) mass is 916 g/mol. The standard InChI is InChI=1S/C40H60O20Si2/c1-25(2)33(41)53-15-13-21-61(49-9,50-10)59-39(47)31-23-30(38(46)58-20-18-56-36(44)28(7)8)32(24-29(31)37(45)57-19-17-55-35(43)27(5)6)40(48)60-62(51-11,52-12)22-14-16-54-34(42)26(3)4/h29-32H,1,3,5,7,13-24H2,2,4,6,8-12H3. The lowest BCUT2D eigenvalue weighted by Crippen LogP contribution is -2.53. The van der Waals surface area contributed by atoms with Gasteiger partial charge in [-0.3, -0.25) is 19.2 Å². The Bertz CT molecular complexity index is 1550. The fourth-order valence-corrected chi connectivity index (χ4v) is 9.47. The zero-order valence-corrected chi connectivity index (χ0v) is 38.8. The molecule has 22 heteroatoms. The molecule has 4 unspecified atom stereocenters. The Morgan fingerprint density at radius 1 is 0.403 bits per heavy atom. The van der Waals surface area contributed by atoms with Gasteiger partial charge in [-0.1, -0.05) is 26.3 Å². The highest BCUT2D eigenvalue weighted by Gasteiger charge is 2.55. The second kappa shape index (κ2) is 27.1. The van der Waals surface area contributed by atoms with Crippen molar-refractivity contribution in [2.24, 2.45) is 23.7 Å². The van der Waals surface area contributed by atoms with Gasteiger partial charge < -0.3 is 55.0 Å². The highest BCUT2D eigenvalue weighted by Crippen LogP contribution is 2.42. The minimum absolute atomic E-state index is 0.0401. The van der Waals surface area contributed by atoms with Gasteiger partial charge in [0.15, 0.2) is 0 Å². The third kappa shape index (κ3) is 17.8. The van der Waals surface area contributed by atoms with Gasteiger partial charge in [0.2, 0.25) is 0 Å². The predicted octanol–water partition coefficient (Wildman–Crippen LogP) is 3.14. The molecular formula is C40H60O20Si2. The van der Waals surface area contributed by atoms with Crippen LogP contribution in [-0.2, 0) is 93.3 Å². The summed E-state index contributed by atoms with van der Waals surface area (Å²) >= 11 is 0. The van der Waals surface area contributed by atoms with E-state index >= 15 is 0 Å². The fraction of sp³-hybridized carbons (Fsp3) is 0.600. The zero-order chi connectivity index (χ0) is 47.2. The molecule has 0 N–H and O–H groups in total. The maximum atomic E-state index is 14.2. The molecule has 1 aliphatic carbocycles. The van der Waals surface area contributed by atoms with E-state index in [9.17, 15) is 38.4 Å². The van der Waals surface area contributed by atoms with Crippen molar-refractivity contribution in [3.63, 3.8) is 0 Å². The van der Waals surface area contributed by atoms with Gasteiger partial charge in [-0.05, 0) is 53.4 Å². The van der Waals surface area contributed by atoms with Crippen molar-refractivity contribution in [2.75, 3.05) is 68.1 Å². The van der Waals surface area contributed by atoms with Crippen LogP contribution in [0.2, 0.25) is 12.1 Å². The number of rotatable bonds is 28. The molecule has 0 amide bonds. The van der Waals surface area contributed by atoms with Crippen LogP contribution in [0.15, 0.2) is 48.6 Å². The van der Waals surface area contributed by atoms with Crippen molar-refractivity contribution in [1.82, 2.24) is 0 Å². The molecular weight excluding hydrogens is 857 g/mol. The summed E-state index contributed by atoms with van der Waals surface area (Å²) in [6, 6.07) is -0.0802. The van der Waals surface area contributed by atoms with E-state index in [2.05, 4.69) is 26.3 Å². The molecule has 1 fully saturated rings. The van der Waals surface area contributed by atoms with Crippen LogP contribution in [0.25, 0.3) is 0 Å². The first kappa shape index (κ1) is 55.0. The Labute approximate surface area is 363 Å². The minimum Gasteiger partial charge on any atom is -0.473 e. The second-order valence-electron chi connectivity index (χ2n) is 14.1. The van der Waals surface area contributed by atoms with Crippen molar-refractivity contribution >= 4 is 65.4 Å². The molecule has 0 bridgehead atoms. The lowest BCUT2D eigenvalue weighted by molar-refractivity contribution is -0.174. The van der Waals surface area contributed by atoms with Gasteiger partial charge in [-0.15, -0.1) is 0 Å². The number of hydrogen-bond donors (Lipinski definition) is 0. The average Bonchev–Trinajstić information content (AvgIpc) is 3.24. The lowest BCUT2D eigenvalue weighted by atomic mass is 9.68. The third-order valence-corrected chi connectivity index (χ3v) is 14.6. The molecule has 20 nitrogen and oxygen atoms in total. The van der Waals surface area contributed by atoms with E-state index in [1.807, 2.05) is 0 Å². The van der Waals surface area contributed by atoms with Crippen molar-refractivity contribution in [2.45, 2.75) is 65.5 Å². The summed E-state index contributed by atoms with van der Waals surface area (Å²) in [5.41, 5.74) is 0.532. The van der Waals surface area contributed by atoms with E-state index in [4.69, 9.17) is 55.0 Å². The van der Waals surface area contributed by atoms with E-state index < -0.39 is 115 Å². The van der Waals surface area contributed by atoms with Gasteiger partial charge in [0, 0.05) is 62.8 Å². The Morgan fingerprint density at radius 3 is 0.903 bits per heavy atom. The Morgan fingerprint density at radius 2 is 0.645 bits per heavy atom. The lowest BCUT2D eigenvalue weighted by Gasteiger charge is -2.39. The van der Waals surface area contributed by atoms with Crippen molar-refractivity contribution in [3.05, 3.63) is 48.6 Å². The predicted molar refractivity (Wildman–Crippen MR) is 219 cm³/mol. The van der Waals surface area contributed by atoms with Crippen LogP contribution in [0.3, 0.4) is 0 Å². The Balaban J connectivity index is 3.63. The molecule has 0 aromatic rings. The number of carbonyl (C=O) groups excluding carboxylic acids is 8. The van der Waals surface area contributed by atoms with Crippen LogP contribution >= 0.6 is 0 Å². The molecule has 0 radical (unpaired) electrons. The van der Waals surface area contributed by atoms with Crippen LogP contribution in [0, 0.1) is 23.7 Å². The molecule has 0 aromatic heterocycles. The maximum Gasteiger partial charge on any atom is 0.567 e. The summed E-state index contributed by atoms with van der Waals surface area (Å²) in [5.74, 6) is -12.9. The first-order valence-electron chi connectivity index (χ1n) is 19.4. The van der Waals surface area contributed by atoms with Gasteiger partial charge in [-0.25, -0.2) is 19.2 Å². The number of ether oxygens (including phenoxy) is 6. The summed E-state index contributed by atoms with van der Waals surface area (Å²) < 4.78 is 65.2. The minimum atomic E-state index is -3.92. The van der Waals surface area contributed by atoms with E-state index in [0.717, 1.165) is 0 Å². The summed E-state index contributed by atoms with van der Waals surface area (Å²) in [6.07, 6.45) is -0.849. The van der Waals surface area contributed by atoms with E-state index in [1.165, 1.54) is 56.1 Å². The van der Waals surface area contributed by atoms with Gasteiger partial charge in [-0.2, -0.15) is 0 Å². The third-order valence-electron chi connectivity index (χ3n) is 9.19. The smallest absolute Gasteiger partial charge is 0.473 e. The highest BCUT2D eigenvalue weighted by molar-refractivity contribution is 6.62. The highest BCUT2D eigenvalue weighted by atomic mass is 28.4. The van der Waals surface area contributed by atoms with Crippen molar-refractivity contribution in [1.29, 1.82) is 0 Å². The van der Waals surface area contributed by atoms with E-state index in [1.54, 1.807) is 0 Å². The van der Waals surface area contributed by atoms with Crippen LogP contribution in [0.5, 0.6) is 0 Å². The van der Waals surface area contributed by atoms with Crippen LogP contribution in [0.4, 0.5) is 0 Å². The SMILES string of the molecule is C=C(C)C(=O)OCCC[Si](OC)(OC)OC(=O)C1CC(C(=O)OCCOC(=O)C(=C)C)C(C(=O)O[Si](CCCOC(=O)C(=C)C)(OC)OC)CC1C(=O)OCCOC(=O)C(=C)C.